The Hall–Kier alpha value is -0.620. The van der Waals surface area contributed by atoms with E-state index in [2.05, 4.69) is 11.9 Å². The summed E-state index contributed by atoms with van der Waals surface area (Å²) in [5, 5.41) is 0. The summed E-state index contributed by atoms with van der Waals surface area (Å²) in [6.07, 6.45) is 5.92. The first kappa shape index (κ1) is 8.38. The SMILES string of the molecule is CCCCC[CH]N=C=O. The minimum absolute atomic E-state index is 0.906. The van der Waals surface area contributed by atoms with E-state index in [1.54, 1.807) is 6.54 Å². The van der Waals surface area contributed by atoms with Crippen molar-refractivity contribution in [2.45, 2.75) is 32.6 Å². The molecule has 0 atom stereocenters. The van der Waals surface area contributed by atoms with Crippen LogP contribution in [0.5, 0.6) is 0 Å². The minimum atomic E-state index is 0.906. The topological polar surface area (TPSA) is 29.4 Å². The van der Waals surface area contributed by atoms with Crippen molar-refractivity contribution in [3.8, 4) is 0 Å². The Labute approximate surface area is 56.0 Å². The molecular formula is C7H12NO. The van der Waals surface area contributed by atoms with Gasteiger partial charge in [0.05, 0.1) is 6.54 Å². The van der Waals surface area contributed by atoms with Crippen LogP contribution in [0, 0.1) is 6.54 Å². The Bertz CT molecular complexity index is 95.1. The van der Waals surface area contributed by atoms with E-state index >= 15 is 0 Å². The highest BCUT2D eigenvalue weighted by atomic mass is 16.1. The number of nitrogens with zero attached hydrogens (tertiary/aromatic N) is 1. The fourth-order valence-corrected chi connectivity index (χ4v) is 0.587. The highest BCUT2D eigenvalue weighted by Gasteiger charge is 1.84. The number of unbranched alkanes of at least 4 members (excludes halogenated alkanes) is 3. The second-order valence-corrected chi connectivity index (χ2v) is 1.90. The van der Waals surface area contributed by atoms with E-state index in [0.29, 0.717) is 0 Å². The lowest BCUT2D eigenvalue weighted by Gasteiger charge is -1.90. The van der Waals surface area contributed by atoms with E-state index in [-0.39, 0.29) is 0 Å². The summed E-state index contributed by atoms with van der Waals surface area (Å²) < 4.78 is 0. The number of isocyanates is 1. The van der Waals surface area contributed by atoms with Crippen LogP contribution in [-0.4, -0.2) is 6.08 Å². The molecule has 0 aliphatic rings. The predicted molar refractivity (Wildman–Crippen MR) is 36.6 cm³/mol. The normalized spacial score (nSPS) is 8.56. The Morgan fingerprint density at radius 1 is 1.56 bits per heavy atom. The van der Waals surface area contributed by atoms with E-state index in [1.165, 1.54) is 18.9 Å². The van der Waals surface area contributed by atoms with E-state index in [9.17, 15) is 4.79 Å². The average molecular weight is 126 g/mol. The van der Waals surface area contributed by atoms with Gasteiger partial charge in [0.15, 0.2) is 0 Å². The maximum atomic E-state index is 9.51. The van der Waals surface area contributed by atoms with Gasteiger partial charge in [-0.25, -0.2) is 9.79 Å². The first-order valence-corrected chi connectivity index (χ1v) is 3.30. The van der Waals surface area contributed by atoms with Gasteiger partial charge in [-0.05, 0) is 6.42 Å². The van der Waals surface area contributed by atoms with Gasteiger partial charge in [0.1, 0.15) is 0 Å². The van der Waals surface area contributed by atoms with Gasteiger partial charge in [0.2, 0.25) is 6.08 Å². The average Bonchev–Trinajstić information content (AvgIpc) is 1.89. The van der Waals surface area contributed by atoms with Gasteiger partial charge in [-0.2, -0.15) is 0 Å². The second kappa shape index (κ2) is 7.38. The maximum Gasteiger partial charge on any atom is 0.235 e. The molecule has 0 aliphatic carbocycles. The quantitative estimate of drug-likeness (QED) is 0.315. The molecule has 9 heavy (non-hydrogen) atoms. The number of hydrogen-bond donors (Lipinski definition) is 0. The molecular weight excluding hydrogens is 114 g/mol. The molecule has 0 spiro atoms. The summed E-state index contributed by atoms with van der Waals surface area (Å²) in [5.74, 6) is 0. The molecule has 0 amide bonds. The van der Waals surface area contributed by atoms with Crippen molar-refractivity contribution in [2.24, 2.45) is 4.99 Å². The van der Waals surface area contributed by atoms with Crippen molar-refractivity contribution in [2.75, 3.05) is 0 Å². The second-order valence-electron chi connectivity index (χ2n) is 1.90. The van der Waals surface area contributed by atoms with Crippen LogP contribution in [0.15, 0.2) is 4.99 Å². The van der Waals surface area contributed by atoms with E-state index in [4.69, 9.17) is 0 Å². The van der Waals surface area contributed by atoms with Crippen LogP contribution in [0.4, 0.5) is 0 Å². The molecule has 0 rings (SSSR count). The zero-order valence-electron chi connectivity index (χ0n) is 5.76. The molecule has 0 heterocycles. The molecule has 0 aromatic rings. The van der Waals surface area contributed by atoms with Gasteiger partial charge >= 0.3 is 0 Å². The summed E-state index contributed by atoms with van der Waals surface area (Å²) in [6, 6.07) is 0. The smallest absolute Gasteiger partial charge is 0.211 e. The van der Waals surface area contributed by atoms with Gasteiger partial charge in [0.25, 0.3) is 0 Å². The Kier molecular flexibility index (Phi) is 6.87. The molecule has 0 N–H and O–H groups in total. The fraction of sp³-hybridized carbons (Fsp3) is 0.714. The third kappa shape index (κ3) is 7.38. The van der Waals surface area contributed by atoms with Crippen LogP contribution in [0.3, 0.4) is 0 Å². The van der Waals surface area contributed by atoms with Gasteiger partial charge in [-0.15, -0.1) is 0 Å². The molecule has 51 valence electrons. The third-order valence-electron chi connectivity index (χ3n) is 1.08. The molecule has 0 unspecified atom stereocenters. The molecule has 0 saturated heterocycles. The number of aliphatic imine (C=N–C) groups is 1. The Morgan fingerprint density at radius 3 is 2.89 bits per heavy atom. The lowest BCUT2D eigenvalue weighted by molar-refractivity contribution is 0.563. The zero-order chi connectivity index (χ0) is 6.95. The van der Waals surface area contributed by atoms with Crippen LogP contribution >= 0.6 is 0 Å². The Morgan fingerprint density at radius 2 is 2.33 bits per heavy atom. The molecule has 0 aromatic carbocycles. The maximum absolute atomic E-state index is 9.51. The minimum Gasteiger partial charge on any atom is -0.211 e. The van der Waals surface area contributed by atoms with E-state index < -0.39 is 0 Å². The molecule has 2 heteroatoms. The summed E-state index contributed by atoms with van der Waals surface area (Å²) in [4.78, 5) is 12.8. The van der Waals surface area contributed by atoms with Crippen LogP contribution < -0.4 is 0 Å². The van der Waals surface area contributed by atoms with Gasteiger partial charge in [-0.1, -0.05) is 26.2 Å². The van der Waals surface area contributed by atoms with Crippen molar-refractivity contribution < 1.29 is 4.79 Å². The molecule has 0 aliphatic heterocycles. The number of carbonyl (C=O) groups excluding carboxylic acids is 1. The van der Waals surface area contributed by atoms with Crippen LogP contribution in [0.1, 0.15) is 32.6 Å². The monoisotopic (exact) mass is 126 g/mol. The summed E-state index contributed by atoms with van der Waals surface area (Å²) >= 11 is 0. The van der Waals surface area contributed by atoms with E-state index in [0.717, 1.165) is 12.8 Å². The van der Waals surface area contributed by atoms with E-state index in [1.807, 2.05) is 0 Å². The number of rotatable bonds is 5. The lowest BCUT2D eigenvalue weighted by Crippen LogP contribution is -1.73. The Balaban J connectivity index is 2.82. The zero-order valence-corrected chi connectivity index (χ0v) is 5.76. The van der Waals surface area contributed by atoms with Crippen molar-refractivity contribution >= 4 is 6.08 Å². The number of hydrogen-bond acceptors (Lipinski definition) is 2. The predicted octanol–water partition coefficient (Wildman–Crippen LogP) is 2.06. The van der Waals surface area contributed by atoms with Gasteiger partial charge in [-0.3, -0.25) is 0 Å². The molecule has 0 fully saturated rings. The van der Waals surface area contributed by atoms with Crippen LogP contribution in [-0.2, 0) is 4.79 Å². The summed E-state index contributed by atoms with van der Waals surface area (Å²) in [6.45, 7) is 3.76. The van der Waals surface area contributed by atoms with Crippen molar-refractivity contribution in [3.63, 3.8) is 0 Å². The molecule has 0 aromatic heterocycles. The summed E-state index contributed by atoms with van der Waals surface area (Å²) in [7, 11) is 0. The lowest BCUT2D eigenvalue weighted by atomic mass is 10.2. The third-order valence-corrected chi connectivity index (χ3v) is 1.08. The molecule has 0 bridgehead atoms. The van der Waals surface area contributed by atoms with Crippen LogP contribution in [0.2, 0.25) is 0 Å². The van der Waals surface area contributed by atoms with Crippen LogP contribution in [0.25, 0.3) is 0 Å². The highest BCUT2D eigenvalue weighted by molar-refractivity contribution is 5.33. The first-order valence-electron chi connectivity index (χ1n) is 3.30. The van der Waals surface area contributed by atoms with Crippen molar-refractivity contribution in [3.05, 3.63) is 6.54 Å². The largest absolute Gasteiger partial charge is 0.235 e. The molecule has 0 saturated carbocycles. The fourth-order valence-electron chi connectivity index (χ4n) is 0.587. The summed E-state index contributed by atoms with van der Waals surface area (Å²) in [5.41, 5.74) is 0. The van der Waals surface area contributed by atoms with Gasteiger partial charge in [0, 0.05) is 0 Å². The highest BCUT2D eigenvalue weighted by Crippen LogP contribution is 2.00. The first-order chi connectivity index (χ1) is 4.41. The molecule has 2 nitrogen and oxygen atoms in total. The molecule has 1 radical (unpaired) electrons. The standard InChI is InChI=1S/C7H12NO/c1-2-3-4-5-6-8-7-9/h6H,2-5H2,1H3. The van der Waals surface area contributed by atoms with Crippen molar-refractivity contribution in [1.82, 2.24) is 0 Å². The van der Waals surface area contributed by atoms with Crippen molar-refractivity contribution in [1.29, 1.82) is 0 Å². The van der Waals surface area contributed by atoms with Gasteiger partial charge < -0.3 is 0 Å².